The van der Waals surface area contributed by atoms with Crippen LogP contribution in [0.3, 0.4) is 0 Å². The van der Waals surface area contributed by atoms with Gasteiger partial charge in [-0.2, -0.15) is 5.10 Å². The van der Waals surface area contributed by atoms with Crippen molar-refractivity contribution in [2.45, 2.75) is 32.7 Å². The lowest BCUT2D eigenvalue weighted by atomic mass is 10.0. The van der Waals surface area contributed by atoms with E-state index in [0.29, 0.717) is 11.8 Å². The first-order valence-electron chi connectivity index (χ1n) is 5.57. The van der Waals surface area contributed by atoms with E-state index < -0.39 is 0 Å². The van der Waals surface area contributed by atoms with Crippen molar-refractivity contribution in [2.24, 2.45) is 5.92 Å². The van der Waals surface area contributed by atoms with Crippen molar-refractivity contribution >= 4 is 5.69 Å². The van der Waals surface area contributed by atoms with Gasteiger partial charge in [-0.15, -0.1) is 0 Å². The largest absolute Gasteiger partial charge is 0.396 e. The summed E-state index contributed by atoms with van der Waals surface area (Å²) >= 11 is 0. The van der Waals surface area contributed by atoms with Crippen LogP contribution in [-0.4, -0.2) is 23.0 Å². The molecule has 1 aliphatic heterocycles. The lowest BCUT2D eigenvalue weighted by molar-refractivity contribution is 0.193. The Morgan fingerprint density at radius 2 is 2.47 bits per heavy atom. The summed E-state index contributed by atoms with van der Waals surface area (Å²) in [6.45, 7) is 6.88. The van der Waals surface area contributed by atoms with E-state index in [-0.39, 0.29) is 0 Å². The van der Waals surface area contributed by atoms with Crippen molar-refractivity contribution in [1.82, 2.24) is 9.78 Å². The van der Waals surface area contributed by atoms with Gasteiger partial charge in [0.25, 0.3) is 0 Å². The van der Waals surface area contributed by atoms with Crippen molar-refractivity contribution in [3.8, 4) is 0 Å². The number of ether oxygens (including phenoxy) is 1. The Balaban J connectivity index is 2.13. The first-order chi connectivity index (χ1) is 7.16. The Bertz CT molecular complexity index is 327. The second-order valence-corrected chi connectivity index (χ2v) is 4.65. The Labute approximate surface area is 90.4 Å². The highest BCUT2D eigenvalue weighted by molar-refractivity contribution is 5.43. The van der Waals surface area contributed by atoms with Gasteiger partial charge in [0, 0.05) is 25.3 Å². The second-order valence-electron chi connectivity index (χ2n) is 4.65. The fourth-order valence-corrected chi connectivity index (χ4v) is 1.99. The summed E-state index contributed by atoms with van der Waals surface area (Å²) in [5, 5.41) is 4.54. The molecule has 15 heavy (non-hydrogen) atoms. The molecule has 1 aromatic heterocycles. The maximum absolute atomic E-state index is 5.96. The zero-order chi connectivity index (χ0) is 10.8. The lowest BCUT2D eigenvalue weighted by Gasteiger charge is -2.05. The van der Waals surface area contributed by atoms with Crippen LogP contribution in [-0.2, 0) is 11.3 Å². The van der Waals surface area contributed by atoms with E-state index in [2.05, 4.69) is 18.9 Å². The fourth-order valence-electron chi connectivity index (χ4n) is 1.99. The molecular formula is C11H19N3O. The quantitative estimate of drug-likeness (QED) is 0.823. The highest BCUT2D eigenvalue weighted by atomic mass is 16.5. The molecule has 2 heterocycles. The maximum Gasteiger partial charge on any atom is 0.0908 e. The van der Waals surface area contributed by atoms with Crippen molar-refractivity contribution in [3.05, 3.63) is 11.9 Å². The van der Waals surface area contributed by atoms with Crippen LogP contribution in [0.2, 0.25) is 0 Å². The predicted octanol–water partition coefficient (Wildman–Crippen LogP) is 1.63. The first kappa shape index (κ1) is 10.5. The number of nitrogens with two attached hydrogens (primary N) is 1. The van der Waals surface area contributed by atoms with Crippen LogP contribution in [0.5, 0.6) is 0 Å². The van der Waals surface area contributed by atoms with Gasteiger partial charge < -0.3 is 10.5 Å². The zero-order valence-electron chi connectivity index (χ0n) is 9.44. The Morgan fingerprint density at radius 1 is 1.67 bits per heavy atom. The molecule has 4 heteroatoms. The topological polar surface area (TPSA) is 53.1 Å². The van der Waals surface area contributed by atoms with Gasteiger partial charge in [-0.05, 0) is 12.3 Å². The minimum absolute atomic E-state index is 0.401. The van der Waals surface area contributed by atoms with Crippen molar-refractivity contribution in [2.75, 3.05) is 18.9 Å². The number of hydrogen-bond donors (Lipinski definition) is 1. The van der Waals surface area contributed by atoms with Crippen LogP contribution in [0.15, 0.2) is 6.20 Å². The summed E-state index contributed by atoms with van der Waals surface area (Å²) in [5.74, 6) is 0.996. The summed E-state index contributed by atoms with van der Waals surface area (Å²) in [6.07, 6.45) is 2.98. The molecule has 0 spiro atoms. The van der Waals surface area contributed by atoms with Gasteiger partial charge in [-0.3, -0.25) is 4.68 Å². The van der Waals surface area contributed by atoms with Crippen LogP contribution in [0, 0.1) is 5.92 Å². The highest BCUT2D eigenvalue weighted by Gasteiger charge is 2.23. The first-order valence-corrected chi connectivity index (χ1v) is 5.57. The van der Waals surface area contributed by atoms with Crippen molar-refractivity contribution in [3.63, 3.8) is 0 Å². The summed E-state index contributed by atoms with van der Waals surface area (Å²) in [4.78, 5) is 0. The number of nitrogens with zero attached hydrogens (tertiary/aromatic N) is 2. The van der Waals surface area contributed by atoms with E-state index in [9.17, 15) is 0 Å². The zero-order valence-corrected chi connectivity index (χ0v) is 9.44. The molecule has 2 N–H and O–H groups in total. The molecule has 1 aliphatic rings. The molecule has 1 unspecified atom stereocenters. The number of hydrogen-bond acceptors (Lipinski definition) is 3. The molecular weight excluding hydrogens is 190 g/mol. The standard InChI is InChI=1S/C11H19N3O/c1-8(2)5-14-6-10(12)11(13-14)9-3-4-15-7-9/h6,8-9H,3-5,7,12H2,1-2H3. The van der Waals surface area contributed by atoms with Gasteiger partial charge in [0.2, 0.25) is 0 Å². The van der Waals surface area contributed by atoms with Crippen LogP contribution in [0.1, 0.15) is 31.9 Å². The number of nitrogen functional groups attached to an aromatic ring is 1. The summed E-state index contributed by atoms with van der Waals surface area (Å²) < 4.78 is 7.30. The third-order valence-corrected chi connectivity index (χ3v) is 2.69. The van der Waals surface area contributed by atoms with E-state index in [4.69, 9.17) is 10.5 Å². The van der Waals surface area contributed by atoms with E-state index in [0.717, 1.165) is 37.6 Å². The Hall–Kier alpha value is -1.03. The van der Waals surface area contributed by atoms with Gasteiger partial charge in [0.1, 0.15) is 0 Å². The minimum atomic E-state index is 0.401. The molecule has 2 rings (SSSR count). The molecule has 0 amide bonds. The van der Waals surface area contributed by atoms with Crippen LogP contribution in [0.25, 0.3) is 0 Å². The Kier molecular flexibility index (Phi) is 2.95. The van der Waals surface area contributed by atoms with Gasteiger partial charge in [-0.1, -0.05) is 13.8 Å². The van der Waals surface area contributed by atoms with E-state index >= 15 is 0 Å². The molecule has 0 aliphatic carbocycles. The summed E-state index contributed by atoms with van der Waals surface area (Å²) in [7, 11) is 0. The SMILES string of the molecule is CC(C)Cn1cc(N)c(C2CCOC2)n1. The monoisotopic (exact) mass is 209 g/mol. The number of aromatic nitrogens is 2. The van der Waals surface area contributed by atoms with Crippen LogP contribution in [0.4, 0.5) is 5.69 Å². The van der Waals surface area contributed by atoms with Crippen LogP contribution >= 0.6 is 0 Å². The molecule has 1 aromatic rings. The molecule has 0 saturated carbocycles. The third kappa shape index (κ3) is 2.31. The molecule has 0 bridgehead atoms. The smallest absolute Gasteiger partial charge is 0.0908 e. The molecule has 0 aromatic carbocycles. The lowest BCUT2D eigenvalue weighted by Crippen LogP contribution is -2.07. The molecule has 1 atom stereocenters. The Morgan fingerprint density at radius 3 is 3.07 bits per heavy atom. The van der Waals surface area contributed by atoms with Gasteiger partial charge >= 0.3 is 0 Å². The predicted molar refractivity (Wildman–Crippen MR) is 59.7 cm³/mol. The average molecular weight is 209 g/mol. The van der Waals surface area contributed by atoms with Crippen molar-refractivity contribution in [1.29, 1.82) is 0 Å². The van der Waals surface area contributed by atoms with Gasteiger partial charge in [0.05, 0.1) is 18.0 Å². The highest BCUT2D eigenvalue weighted by Crippen LogP contribution is 2.28. The second kappa shape index (κ2) is 4.23. The molecule has 1 saturated heterocycles. The molecule has 84 valence electrons. The summed E-state index contributed by atoms with van der Waals surface area (Å²) in [6, 6.07) is 0. The number of rotatable bonds is 3. The molecule has 0 radical (unpaired) electrons. The molecule has 4 nitrogen and oxygen atoms in total. The van der Waals surface area contributed by atoms with E-state index in [1.807, 2.05) is 10.9 Å². The van der Waals surface area contributed by atoms with Gasteiger partial charge in [-0.25, -0.2) is 0 Å². The normalized spacial score (nSPS) is 21.4. The third-order valence-electron chi connectivity index (χ3n) is 2.69. The minimum Gasteiger partial charge on any atom is -0.396 e. The summed E-state index contributed by atoms with van der Waals surface area (Å²) in [5.41, 5.74) is 7.79. The van der Waals surface area contributed by atoms with E-state index in [1.54, 1.807) is 0 Å². The van der Waals surface area contributed by atoms with Crippen molar-refractivity contribution < 1.29 is 4.74 Å². The fraction of sp³-hybridized carbons (Fsp3) is 0.727. The maximum atomic E-state index is 5.96. The number of anilines is 1. The van der Waals surface area contributed by atoms with Gasteiger partial charge in [0.15, 0.2) is 0 Å². The average Bonchev–Trinajstić information content (AvgIpc) is 2.72. The van der Waals surface area contributed by atoms with E-state index in [1.165, 1.54) is 0 Å². The van der Waals surface area contributed by atoms with Crippen LogP contribution < -0.4 is 5.73 Å². The molecule has 1 fully saturated rings.